The zero-order valence-electron chi connectivity index (χ0n) is 17.1. The Morgan fingerprint density at radius 3 is 2.81 bits per heavy atom. The Balaban J connectivity index is 1.79. The number of unbranched alkanes of at least 4 members (excludes halogenated alkanes) is 3. The van der Waals surface area contributed by atoms with Crippen LogP contribution in [0.4, 0.5) is 0 Å². The number of carbonyl (C=O) groups is 1. The normalized spacial score (nSPS) is 28.1. The maximum Gasteiger partial charge on any atom is 0.222 e. The minimum Gasteiger partial charge on any atom is -0.494 e. The maximum atomic E-state index is 11.6. The summed E-state index contributed by atoms with van der Waals surface area (Å²) in [6, 6.07) is 0. The molecule has 1 fully saturated rings. The molecule has 0 aromatic rings. The maximum absolute atomic E-state index is 11.6. The first kappa shape index (κ1) is 22.0. The van der Waals surface area contributed by atoms with E-state index in [0.29, 0.717) is 12.8 Å². The van der Waals surface area contributed by atoms with Crippen molar-refractivity contribution in [2.75, 3.05) is 14.1 Å². The fourth-order valence-corrected chi connectivity index (χ4v) is 4.00. The molecule has 1 aliphatic carbocycles. The quantitative estimate of drug-likeness (QED) is 0.426. The van der Waals surface area contributed by atoms with E-state index in [1.54, 1.807) is 19.0 Å². The highest BCUT2D eigenvalue weighted by Crippen LogP contribution is 2.43. The van der Waals surface area contributed by atoms with Crippen molar-refractivity contribution in [3.63, 3.8) is 0 Å². The van der Waals surface area contributed by atoms with Gasteiger partial charge in [-0.25, -0.2) is 0 Å². The molecule has 0 aromatic carbocycles. The second-order valence-corrected chi connectivity index (χ2v) is 8.19. The predicted molar refractivity (Wildman–Crippen MR) is 107 cm³/mol. The van der Waals surface area contributed by atoms with Crippen LogP contribution in [-0.2, 0) is 9.53 Å². The molecule has 0 unspecified atom stereocenters. The molecule has 1 aliphatic heterocycles. The van der Waals surface area contributed by atoms with Gasteiger partial charge in [0.25, 0.3) is 0 Å². The van der Waals surface area contributed by atoms with Gasteiger partial charge in [0.2, 0.25) is 5.91 Å². The van der Waals surface area contributed by atoms with Gasteiger partial charge in [0.15, 0.2) is 0 Å². The number of amides is 1. The van der Waals surface area contributed by atoms with Crippen LogP contribution in [0.15, 0.2) is 24.0 Å². The number of aliphatic hydroxyl groups is 2. The van der Waals surface area contributed by atoms with Crippen LogP contribution in [0.25, 0.3) is 0 Å². The van der Waals surface area contributed by atoms with Gasteiger partial charge in [-0.05, 0) is 25.3 Å². The Morgan fingerprint density at radius 2 is 2.11 bits per heavy atom. The van der Waals surface area contributed by atoms with Crippen molar-refractivity contribution in [2.45, 2.75) is 83.0 Å². The SMILES string of the molecule is CCCCC[C@H](O)C=C[C@@H]1[C@H]2C=C(CCCCC(=O)N(C)C)O[C@H]2C[C@H]1O. The van der Waals surface area contributed by atoms with Gasteiger partial charge in [0.1, 0.15) is 6.10 Å². The van der Waals surface area contributed by atoms with E-state index in [1.807, 2.05) is 12.2 Å². The number of fused-ring (bicyclic) bond motifs is 1. The first-order valence-electron chi connectivity index (χ1n) is 10.5. The Kier molecular flexibility index (Phi) is 8.84. The van der Waals surface area contributed by atoms with Crippen LogP contribution in [0.1, 0.15) is 64.7 Å². The fraction of sp³-hybridized carbons (Fsp3) is 0.773. The van der Waals surface area contributed by atoms with E-state index in [1.165, 1.54) is 0 Å². The van der Waals surface area contributed by atoms with Crippen LogP contribution in [0, 0.1) is 11.8 Å². The molecular weight excluding hydrogens is 342 g/mol. The molecule has 1 saturated carbocycles. The second kappa shape index (κ2) is 10.9. The lowest BCUT2D eigenvalue weighted by molar-refractivity contribution is -0.128. The Morgan fingerprint density at radius 1 is 1.33 bits per heavy atom. The molecule has 1 heterocycles. The highest BCUT2D eigenvalue weighted by molar-refractivity contribution is 5.75. The molecule has 2 rings (SSSR count). The van der Waals surface area contributed by atoms with Gasteiger partial charge in [-0.3, -0.25) is 4.79 Å². The van der Waals surface area contributed by atoms with Gasteiger partial charge < -0.3 is 19.8 Å². The summed E-state index contributed by atoms with van der Waals surface area (Å²) in [7, 11) is 3.57. The van der Waals surface area contributed by atoms with Gasteiger partial charge in [0.05, 0.1) is 18.0 Å². The number of allylic oxidation sites excluding steroid dienone is 1. The van der Waals surface area contributed by atoms with Gasteiger partial charge in [-0.2, -0.15) is 0 Å². The van der Waals surface area contributed by atoms with Crippen molar-refractivity contribution in [3.05, 3.63) is 24.0 Å². The third-order valence-corrected chi connectivity index (χ3v) is 5.69. The van der Waals surface area contributed by atoms with Gasteiger partial charge in [-0.15, -0.1) is 0 Å². The number of nitrogens with zero attached hydrogens (tertiary/aromatic N) is 1. The fourth-order valence-electron chi connectivity index (χ4n) is 4.00. The van der Waals surface area contributed by atoms with Gasteiger partial charge in [-0.1, -0.05) is 38.3 Å². The van der Waals surface area contributed by atoms with Gasteiger partial charge in [0, 0.05) is 45.2 Å². The summed E-state index contributed by atoms with van der Waals surface area (Å²) in [4.78, 5) is 13.2. The monoisotopic (exact) mass is 379 g/mol. The largest absolute Gasteiger partial charge is 0.494 e. The first-order valence-corrected chi connectivity index (χ1v) is 10.5. The molecule has 27 heavy (non-hydrogen) atoms. The standard InChI is InChI=1S/C22H37NO4/c1-4-5-6-9-16(24)12-13-18-19-14-17(27-21(19)15-20(18)25)10-7-8-11-22(26)23(2)3/h12-14,16,18-21,24-25H,4-11,15H2,1-3H3/t16-,18+,19+,20+,21-/m0/s1. The molecule has 2 aliphatic rings. The summed E-state index contributed by atoms with van der Waals surface area (Å²) < 4.78 is 6.04. The minimum atomic E-state index is -0.428. The van der Waals surface area contributed by atoms with E-state index in [0.717, 1.165) is 50.7 Å². The molecule has 0 saturated heterocycles. The summed E-state index contributed by atoms with van der Waals surface area (Å²) in [6.07, 6.45) is 13.2. The third-order valence-electron chi connectivity index (χ3n) is 5.69. The molecule has 0 aromatic heterocycles. The molecule has 0 radical (unpaired) electrons. The van der Waals surface area contributed by atoms with E-state index >= 15 is 0 Å². The zero-order valence-corrected chi connectivity index (χ0v) is 17.1. The van der Waals surface area contributed by atoms with Crippen LogP contribution in [0.5, 0.6) is 0 Å². The number of hydrogen-bond acceptors (Lipinski definition) is 4. The lowest BCUT2D eigenvalue weighted by Crippen LogP contribution is -2.21. The van der Waals surface area contributed by atoms with E-state index in [4.69, 9.17) is 4.74 Å². The Hall–Kier alpha value is -1.33. The summed E-state index contributed by atoms with van der Waals surface area (Å²) >= 11 is 0. The van der Waals surface area contributed by atoms with E-state index in [2.05, 4.69) is 13.0 Å². The Labute approximate surface area is 164 Å². The molecule has 5 nitrogen and oxygen atoms in total. The number of rotatable bonds is 11. The number of hydrogen-bond donors (Lipinski definition) is 2. The van der Waals surface area contributed by atoms with Crippen LogP contribution in [0.2, 0.25) is 0 Å². The molecule has 0 spiro atoms. The number of ether oxygens (including phenoxy) is 1. The average Bonchev–Trinajstić information content (AvgIpc) is 3.13. The lowest BCUT2D eigenvalue weighted by atomic mass is 9.92. The van der Waals surface area contributed by atoms with Crippen molar-refractivity contribution in [1.29, 1.82) is 0 Å². The molecule has 2 N–H and O–H groups in total. The average molecular weight is 380 g/mol. The van der Waals surface area contributed by atoms with Crippen molar-refractivity contribution < 1.29 is 19.7 Å². The van der Waals surface area contributed by atoms with E-state index in [-0.39, 0.29) is 23.8 Å². The molecular formula is C22H37NO4. The topological polar surface area (TPSA) is 70.0 Å². The number of carbonyl (C=O) groups excluding carboxylic acids is 1. The van der Waals surface area contributed by atoms with Crippen LogP contribution in [-0.4, -0.2) is 53.4 Å². The van der Waals surface area contributed by atoms with Crippen molar-refractivity contribution in [3.8, 4) is 0 Å². The molecule has 5 atom stereocenters. The summed E-state index contributed by atoms with van der Waals surface area (Å²) in [5.41, 5.74) is 0. The third kappa shape index (κ3) is 6.65. The smallest absolute Gasteiger partial charge is 0.222 e. The number of aliphatic hydroxyl groups excluding tert-OH is 2. The predicted octanol–water partition coefficient (Wildman–Crippen LogP) is 3.41. The molecule has 154 valence electrons. The van der Waals surface area contributed by atoms with Crippen LogP contribution >= 0.6 is 0 Å². The first-order chi connectivity index (χ1) is 12.9. The Bertz CT molecular complexity index is 528. The minimum absolute atomic E-state index is 0.0173. The van der Waals surface area contributed by atoms with Crippen molar-refractivity contribution in [1.82, 2.24) is 4.90 Å². The van der Waals surface area contributed by atoms with Crippen LogP contribution in [0.3, 0.4) is 0 Å². The highest BCUT2D eigenvalue weighted by atomic mass is 16.5. The lowest BCUT2D eigenvalue weighted by Gasteiger charge is -2.15. The van der Waals surface area contributed by atoms with Crippen LogP contribution < -0.4 is 0 Å². The van der Waals surface area contributed by atoms with E-state index in [9.17, 15) is 15.0 Å². The molecule has 1 amide bonds. The second-order valence-electron chi connectivity index (χ2n) is 8.19. The molecule has 5 heteroatoms. The van der Waals surface area contributed by atoms with Crippen molar-refractivity contribution >= 4 is 5.91 Å². The van der Waals surface area contributed by atoms with E-state index < -0.39 is 12.2 Å². The van der Waals surface area contributed by atoms with Crippen molar-refractivity contribution in [2.24, 2.45) is 11.8 Å². The summed E-state index contributed by atoms with van der Waals surface area (Å²) in [5.74, 6) is 1.37. The molecule has 0 bridgehead atoms. The highest BCUT2D eigenvalue weighted by Gasteiger charge is 2.44. The summed E-state index contributed by atoms with van der Waals surface area (Å²) in [6.45, 7) is 2.15. The van der Waals surface area contributed by atoms with Gasteiger partial charge >= 0.3 is 0 Å². The summed E-state index contributed by atoms with van der Waals surface area (Å²) in [5, 5.41) is 20.4. The zero-order chi connectivity index (χ0) is 19.8.